The minimum Gasteiger partial charge on any atom is -0.352 e. The summed E-state index contributed by atoms with van der Waals surface area (Å²) in [6.45, 7) is 9.22. The Morgan fingerprint density at radius 3 is 2.64 bits per heavy atom. The van der Waals surface area contributed by atoms with E-state index in [1.165, 1.54) is 11.1 Å². The van der Waals surface area contributed by atoms with Crippen molar-refractivity contribution in [2.75, 3.05) is 26.2 Å². The van der Waals surface area contributed by atoms with Gasteiger partial charge < -0.3 is 5.32 Å². The van der Waals surface area contributed by atoms with Crippen molar-refractivity contribution in [2.24, 2.45) is 0 Å². The van der Waals surface area contributed by atoms with Crippen LogP contribution in [0.15, 0.2) is 24.3 Å². The molecule has 1 saturated carbocycles. The van der Waals surface area contributed by atoms with Crippen LogP contribution in [0.5, 0.6) is 0 Å². The fraction of sp³-hybridized carbons (Fsp3) is 0.611. The zero-order valence-electron chi connectivity index (χ0n) is 13.7. The lowest BCUT2D eigenvalue weighted by atomic mass is 10.1. The van der Waals surface area contributed by atoms with Crippen molar-refractivity contribution in [2.45, 2.75) is 45.3 Å². The van der Waals surface area contributed by atoms with Gasteiger partial charge in [0, 0.05) is 38.8 Å². The summed E-state index contributed by atoms with van der Waals surface area (Å²) in [4.78, 5) is 16.9. The number of benzene rings is 1. The van der Waals surface area contributed by atoms with E-state index in [-0.39, 0.29) is 11.9 Å². The van der Waals surface area contributed by atoms with Gasteiger partial charge in [-0.2, -0.15) is 0 Å². The van der Waals surface area contributed by atoms with Gasteiger partial charge in [0.1, 0.15) is 0 Å². The van der Waals surface area contributed by atoms with E-state index in [2.05, 4.69) is 46.3 Å². The van der Waals surface area contributed by atoms with Gasteiger partial charge >= 0.3 is 0 Å². The summed E-state index contributed by atoms with van der Waals surface area (Å²) >= 11 is 0. The van der Waals surface area contributed by atoms with Crippen molar-refractivity contribution in [3.8, 4) is 0 Å². The minimum absolute atomic E-state index is 0.00159. The summed E-state index contributed by atoms with van der Waals surface area (Å²) in [5, 5.41) is 3.11. The maximum Gasteiger partial charge on any atom is 0.237 e. The fourth-order valence-electron chi connectivity index (χ4n) is 3.09. The van der Waals surface area contributed by atoms with E-state index in [0.29, 0.717) is 6.04 Å². The zero-order valence-corrected chi connectivity index (χ0v) is 13.7. The summed E-state index contributed by atoms with van der Waals surface area (Å²) in [5.74, 6) is 0.203. The molecule has 22 heavy (non-hydrogen) atoms. The van der Waals surface area contributed by atoms with Crippen LogP contribution in [0.4, 0.5) is 0 Å². The topological polar surface area (TPSA) is 35.6 Å². The van der Waals surface area contributed by atoms with Crippen LogP contribution in [0.2, 0.25) is 0 Å². The molecule has 1 saturated heterocycles. The number of nitrogens with one attached hydrogen (secondary N) is 1. The Balaban J connectivity index is 1.46. The molecular weight excluding hydrogens is 274 g/mol. The molecular formula is C18H27N3O. The van der Waals surface area contributed by atoms with Gasteiger partial charge in [0.05, 0.1) is 6.04 Å². The Morgan fingerprint density at radius 1 is 1.27 bits per heavy atom. The van der Waals surface area contributed by atoms with E-state index < -0.39 is 0 Å². The molecule has 1 aromatic carbocycles. The highest BCUT2D eigenvalue weighted by Gasteiger charge is 2.29. The van der Waals surface area contributed by atoms with Crippen molar-refractivity contribution < 1.29 is 4.79 Å². The monoisotopic (exact) mass is 301 g/mol. The van der Waals surface area contributed by atoms with Gasteiger partial charge in [-0.25, -0.2) is 0 Å². The van der Waals surface area contributed by atoms with E-state index >= 15 is 0 Å². The summed E-state index contributed by atoms with van der Waals surface area (Å²) in [6.07, 6.45) is 2.31. The molecule has 1 aliphatic heterocycles. The first-order chi connectivity index (χ1) is 10.6. The van der Waals surface area contributed by atoms with Gasteiger partial charge in [0.15, 0.2) is 0 Å². The van der Waals surface area contributed by atoms with Gasteiger partial charge in [0.25, 0.3) is 0 Å². The van der Waals surface area contributed by atoms with Crippen molar-refractivity contribution in [1.82, 2.24) is 15.1 Å². The maximum absolute atomic E-state index is 12.1. The van der Waals surface area contributed by atoms with Crippen molar-refractivity contribution in [3.63, 3.8) is 0 Å². The summed E-state index contributed by atoms with van der Waals surface area (Å²) in [7, 11) is 0. The lowest BCUT2D eigenvalue weighted by molar-refractivity contribution is -0.126. The van der Waals surface area contributed by atoms with Crippen LogP contribution in [0.3, 0.4) is 0 Å². The number of nitrogens with zero attached hydrogens (tertiary/aromatic N) is 2. The third-order valence-electron chi connectivity index (χ3n) is 4.75. The van der Waals surface area contributed by atoms with Crippen LogP contribution >= 0.6 is 0 Å². The molecule has 1 N–H and O–H groups in total. The summed E-state index contributed by atoms with van der Waals surface area (Å²) in [6, 6.07) is 9.19. The fourth-order valence-corrected chi connectivity index (χ4v) is 3.09. The average molecular weight is 301 g/mol. The van der Waals surface area contributed by atoms with E-state index in [9.17, 15) is 4.79 Å². The summed E-state index contributed by atoms with van der Waals surface area (Å²) < 4.78 is 0. The lowest BCUT2D eigenvalue weighted by Crippen LogP contribution is -2.53. The number of carbonyl (C=O) groups is 1. The van der Waals surface area contributed by atoms with Crippen LogP contribution in [0.25, 0.3) is 0 Å². The first-order valence-electron chi connectivity index (χ1n) is 8.44. The van der Waals surface area contributed by atoms with Gasteiger partial charge in [0.2, 0.25) is 5.91 Å². The lowest BCUT2D eigenvalue weighted by Gasteiger charge is -2.37. The van der Waals surface area contributed by atoms with E-state index in [1.807, 2.05) is 6.92 Å². The second-order valence-corrected chi connectivity index (χ2v) is 6.76. The molecule has 0 aromatic heterocycles. The molecule has 2 aliphatic rings. The molecule has 4 heteroatoms. The molecule has 0 spiro atoms. The molecule has 0 unspecified atom stereocenters. The third kappa shape index (κ3) is 4.08. The number of hydrogen-bond donors (Lipinski definition) is 1. The Hall–Kier alpha value is -1.39. The zero-order chi connectivity index (χ0) is 15.5. The highest BCUT2D eigenvalue weighted by atomic mass is 16.2. The minimum atomic E-state index is 0.00159. The first kappa shape index (κ1) is 15.5. The van der Waals surface area contributed by atoms with E-state index in [1.54, 1.807) is 0 Å². The van der Waals surface area contributed by atoms with Gasteiger partial charge in [-0.1, -0.05) is 29.8 Å². The number of amides is 1. The largest absolute Gasteiger partial charge is 0.352 e. The van der Waals surface area contributed by atoms with Crippen LogP contribution in [0.1, 0.15) is 30.9 Å². The SMILES string of the molecule is Cc1cccc(CN2CCN([C@H](C)C(=O)NC3CC3)CC2)c1. The Labute approximate surface area is 133 Å². The van der Waals surface area contributed by atoms with Crippen LogP contribution in [0, 0.1) is 6.92 Å². The summed E-state index contributed by atoms with van der Waals surface area (Å²) in [5.41, 5.74) is 2.70. The molecule has 1 aliphatic carbocycles. The van der Waals surface area contributed by atoms with Crippen molar-refractivity contribution in [3.05, 3.63) is 35.4 Å². The van der Waals surface area contributed by atoms with Crippen molar-refractivity contribution in [1.29, 1.82) is 0 Å². The number of piperazine rings is 1. The maximum atomic E-state index is 12.1. The molecule has 0 bridgehead atoms. The second-order valence-electron chi connectivity index (χ2n) is 6.76. The molecule has 1 aromatic rings. The second kappa shape index (κ2) is 6.80. The number of rotatable bonds is 5. The number of carbonyl (C=O) groups excluding carboxylic acids is 1. The van der Waals surface area contributed by atoms with Crippen LogP contribution in [-0.4, -0.2) is 54.0 Å². The molecule has 4 nitrogen and oxygen atoms in total. The first-order valence-corrected chi connectivity index (χ1v) is 8.44. The predicted octanol–water partition coefficient (Wildman–Crippen LogP) is 1.78. The normalized spacial score (nSPS) is 21.5. The molecule has 1 atom stereocenters. The molecule has 3 rings (SSSR count). The molecule has 120 valence electrons. The average Bonchev–Trinajstić information content (AvgIpc) is 3.31. The molecule has 1 heterocycles. The Bertz CT molecular complexity index is 519. The van der Waals surface area contributed by atoms with Gasteiger partial charge in [-0.3, -0.25) is 14.6 Å². The molecule has 0 radical (unpaired) electrons. The standard InChI is InChI=1S/C18H27N3O/c1-14-4-3-5-16(12-14)13-20-8-10-21(11-9-20)15(2)18(22)19-17-6-7-17/h3-5,12,15,17H,6-11,13H2,1-2H3,(H,19,22)/t15-/m1/s1. The molecule has 1 amide bonds. The van der Waals surface area contributed by atoms with E-state index in [0.717, 1.165) is 45.6 Å². The predicted molar refractivity (Wildman–Crippen MR) is 88.7 cm³/mol. The van der Waals surface area contributed by atoms with Crippen LogP contribution in [-0.2, 0) is 11.3 Å². The van der Waals surface area contributed by atoms with Gasteiger partial charge in [-0.15, -0.1) is 0 Å². The van der Waals surface area contributed by atoms with Crippen LogP contribution < -0.4 is 5.32 Å². The highest BCUT2D eigenvalue weighted by molar-refractivity contribution is 5.81. The smallest absolute Gasteiger partial charge is 0.237 e. The Kier molecular flexibility index (Phi) is 4.79. The van der Waals surface area contributed by atoms with E-state index in [4.69, 9.17) is 0 Å². The van der Waals surface area contributed by atoms with Crippen molar-refractivity contribution >= 4 is 5.91 Å². The van der Waals surface area contributed by atoms with Gasteiger partial charge in [-0.05, 0) is 32.3 Å². The number of aryl methyl sites for hydroxylation is 1. The third-order valence-corrected chi connectivity index (χ3v) is 4.75. The highest BCUT2D eigenvalue weighted by Crippen LogP contribution is 2.19. The number of hydrogen-bond acceptors (Lipinski definition) is 3. The molecule has 2 fully saturated rings. The Morgan fingerprint density at radius 2 is 2.00 bits per heavy atom. The quantitative estimate of drug-likeness (QED) is 0.900.